The van der Waals surface area contributed by atoms with Crippen molar-refractivity contribution in [3.05, 3.63) is 101 Å². The summed E-state index contributed by atoms with van der Waals surface area (Å²) >= 11 is 6.07. The highest BCUT2D eigenvalue weighted by atomic mass is 35.5. The maximum atomic E-state index is 12.4. The van der Waals surface area contributed by atoms with Crippen molar-refractivity contribution < 1.29 is 9.59 Å². The number of aromatic amines is 1. The number of amides is 1. The van der Waals surface area contributed by atoms with Gasteiger partial charge < -0.3 is 10.3 Å². The molecule has 4 rings (SSSR count). The number of halogens is 1. The van der Waals surface area contributed by atoms with Gasteiger partial charge in [-0.1, -0.05) is 54.1 Å². The van der Waals surface area contributed by atoms with Gasteiger partial charge in [0.25, 0.3) is 5.91 Å². The Bertz CT molecular complexity index is 1210. The van der Waals surface area contributed by atoms with Gasteiger partial charge in [0.2, 0.25) is 5.78 Å². The van der Waals surface area contributed by atoms with Gasteiger partial charge in [0, 0.05) is 5.69 Å². The van der Waals surface area contributed by atoms with E-state index in [-0.39, 0.29) is 17.5 Å². The molecule has 0 unspecified atom stereocenters. The molecule has 0 saturated carbocycles. The summed E-state index contributed by atoms with van der Waals surface area (Å²) in [4.78, 5) is 32.1. The van der Waals surface area contributed by atoms with Crippen molar-refractivity contribution in [1.82, 2.24) is 9.97 Å². The first kappa shape index (κ1) is 18.7. The van der Waals surface area contributed by atoms with Crippen LogP contribution in [0.25, 0.3) is 17.1 Å². The van der Waals surface area contributed by atoms with Crippen molar-refractivity contribution >= 4 is 46.1 Å². The van der Waals surface area contributed by atoms with E-state index in [9.17, 15) is 9.59 Å². The van der Waals surface area contributed by atoms with Crippen LogP contribution in [0.3, 0.4) is 0 Å². The molecule has 0 bridgehead atoms. The van der Waals surface area contributed by atoms with Crippen molar-refractivity contribution in [3.63, 3.8) is 0 Å². The minimum Gasteiger partial charge on any atom is -0.335 e. The highest BCUT2D eigenvalue weighted by Gasteiger charge is 2.10. The molecule has 1 amide bonds. The van der Waals surface area contributed by atoms with Crippen molar-refractivity contribution in [3.8, 4) is 0 Å². The second-order valence-electron chi connectivity index (χ2n) is 6.36. The van der Waals surface area contributed by atoms with Crippen LogP contribution in [-0.4, -0.2) is 21.7 Å². The number of aromatic nitrogens is 2. The van der Waals surface area contributed by atoms with Crippen LogP contribution in [0.1, 0.15) is 26.5 Å². The number of ketones is 1. The molecule has 0 radical (unpaired) electrons. The zero-order valence-corrected chi connectivity index (χ0v) is 16.0. The van der Waals surface area contributed by atoms with Crippen LogP contribution in [0.15, 0.2) is 78.9 Å². The first-order chi connectivity index (χ1) is 14.1. The summed E-state index contributed by atoms with van der Waals surface area (Å²) in [5.41, 5.74) is 3.33. The molecule has 0 aliphatic carbocycles. The molecule has 142 valence electrons. The quantitative estimate of drug-likeness (QED) is 0.349. The number of H-pyrrole nitrogens is 1. The second kappa shape index (κ2) is 8.12. The minimum atomic E-state index is -0.296. The minimum absolute atomic E-state index is 0.230. The first-order valence-electron chi connectivity index (χ1n) is 8.93. The normalized spacial score (nSPS) is 11.1. The van der Waals surface area contributed by atoms with Crippen LogP contribution in [0.5, 0.6) is 0 Å². The van der Waals surface area contributed by atoms with Crippen molar-refractivity contribution in [1.29, 1.82) is 0 Å². The molecular formula is C23H16ClN3O2. The average molecular weight is 402 g/mol. The summed E-state index contributed by atoms with van der Waals surface area (Å²) in [6.45, 7) is 0. The topological polar surface area (TPSA) is 74.8 Å². The molecule has 5 nitrogen and oxygen atoms in total. The van der Waals surface area contributed by atoms with E-state index >= 15 is 0 Å². The van der Waals surface area contributed by atoms with E-state index in [1.807, 2.05) is 30.3 Å². The second-order valence-corrected chi connectivity index (χ2v) is 6.77. The van der Waals surface area contributed by atoms with Gasteiger partial charge in [-0.3, -0.25) is 9.59 Å². The Labute approximate surface area is 172 Å². The van der Waals surface area contributed by atoms with Crippen molar-refractivity contribution in [2.75, 3.05) is 5.32 Å². The number of benzene rings is 3. The van der Waals surface area contributed by atoms with Gasteiger partial charge in [-0.15, -0.1) is 0 Å². The molecule has 1 aromatic heterocycles. The fourth-order valence-electron chi connectivity index (χ4n) is 2.88. The Morgan fingerprint density at radius 2 is 1.76 bits per heavy atom. The molecule has 3 aromatic carbocycles. The van der Waals surface area contributed by atoms with Gasteiger partial charge in [-0.05, 0) is 48.0 Å². The summed E-state index contributed by atoms with van der Waals surface area (Å²) in [7, 11) is 0. The van der Waals surface area contributed by atoms with E-state index in [0.717, 1.165) is 16.6 Å². The molecule has 1 heterocycles. The van der Waals surface area contributed by atoms with Crippen LogP contribution in [0.4, 0.5) is 5.69 Å². The summed E-state index contributed by atoms with van der Waals surface area (Å²) in [6.07, 6.45) is 3.13. The predicted molar refractivity (Wildman–Crippen MR) is 115 cm³/mol. The Balaban J connectivity index is 1.49. The average Bonchev–Trinajstić information content (AvgIpc) is 3.17. The summed E-state index contributed by atoms with van der Waals surface area (Å²) in [5.74, 6) is -0.243. The molecule has 0 aliphatic heterocycles. The maximum Gasteiger partial charge on any atom is 0.257 e. The number of imidazole rings is 1. The fourth-order valence-corrected chi connectivity index (χ4v) is 3.11. The Morgan fingerprint density at radius 3 is 2.59 bits per heavy atom. The first-order valence-corrected chi connectivity index (χ1v) is 9.31. The molecular weight excluding hydrogens is 386 g/mol. The number of carbonyl (C=O) groups excluding carboxylic acids is 2. The van der Waals surface area contributed by atoms with Gasteiger partial charge in [0.1, 0.15) is 0 Å². The van der Waals surface area contributed by atoms with Crippen LogP contribution < -0.4 is 5.32 Å². The van der Waals surface area contributed by atoms with E-state index in [1.165, 1.54) is 6.08 Å². The lowest BCUT2D eigenvalue weighted by molar-refractivity contribution is 0.102. The van der Waals surface area contributed by atoms with Crippen LogP contribution in [-0.2, 0) is 0 Å². The summed E-state index contributed by atoms with van der Waals surface area (Å²) in [6, 6.07) is 21.5. The largest absolute Gasteiger partial charge is 0.335 e. The zero-order valence-electron chi connectivity index (χ0n) is 15.2. The molecule has 2 N–H and O–H groups in total. The Kier molecular flexibility index (Phi) is 5.22. The van der Waals surface area contributed by atoms with Crippen LogP contribution >= 0.6 is 11.6 Å². The Morgan fingerprint density at radius 1 is 0.966 bits per heavy atom. The Hall–Kier alpha value is -3.70. The summed E-state index contributed by atoms with van der Waals surface area (Å²) < 4.78 is 0. The standard InChI is InChI=1S/C23H16ClN3O2/c24-18-9-2-1-8-17(18)23(29)25-16-7-5-6-15(14-16)12-13-21(28)22-26-19-10-3-4-11-20(19)27-22/h1-14H,(H,25,29)(H,26,27)/b13-12+. The number of fused-ring (bicyclic) bond motifs is 1. The van der Waals surface area contributed by atoms with Gasteiger partial charge in [0.15, 0.2) is 5.82 Å². The maximum absolute atomic E-state index is 12.4. The third-order valence-electron chi connectivity index (χ3n) is 4.31. The fraction of sp³-hybridized carbons (Fsp3) is 0. The highest BCUT2D eigenvalue weighted by molar-refractivity contribution is 6.34. The van der Waals surface area contributed by atoms with E-state index in [1.54, 1.807) is 48.5 Å². The molecule has 4 aromatic rings. The lowest BCUT2D eigenvalue weighted by Gasteiger charge is -2.07. The SMILES string of the molecule is O=C(/C=C/c1cccc(NC(=O)c2ccccc2Cl)c1)c1nc2ccccc2[nH]1. The number of nitrogens with one attached hydrogen (secondary N) is 2. The van der Waals surface area contributed by atoms with E-state index in [4.69, 9.17) is 11.6 Å². The van der Waals surface area contributed by atoms with Crippen LogP contribution in [0.2, 0.25) is 5.02 Å². The van der Waals surface area contributed by atoms with Gasteiger partial charge in [-0.2, -0.15) is 0 Å². The number of carbonyl (C=O) groups is 2. The van der Waals surface area contributed by atoms with Crippen LogP contribution in [0, 0.1) is 0 Å². The zero-order chi connectivity index (χ0) is 20.2. The third-order valence-corrected chi connectivity index (χ3v) is 4.64. The van der Waals surface area contributed by atoms with E-state index in [2.05, 4.69) is 15.3 Å². The summed E-state index contributed by atoms with van der Waals surface area (Å²) in [5, 5.41) is 3.20. The van der Waals surface area contributed by atoms with Crippen molar-refractivity contribution in [2.45, 2.75) is 0 Å². The van der Waals surface area contributed by atoms with E-state index in [0.29, 0.717) is 16.3 Å². The van der Waals surface area contributed by atoms with Gasteiger partial charge >= 0.3 is 0 Å². The highest BCUT2D eigenvalue weighted by Crippen LogP contribution is 2.18. The number of nitrogens with zero attached hydrogens (tertiary/aromatic N) is 1. The molecule has 29 heavy (non-hydrogen) atoms. The third kappa shape index (κ3) is 4.25. The predicted octanol–water partition coefficient (Wildman–Crippen LogP) is 5.36. The molecule has 0 aliphatic rings. The smallest absolute Gasteiger partial charge is 0.257 e. The number of hydrogen-bond donors (Lipinski definition) is 2. The lowest BCUT2D eigenvalue weighted by Crippen LogP contribution is -2.12. The molecule has 0 atom stereocenters. The molecule has 0 fully saturated rings. The molecule has 0 spiro atoms. The monoisotopic (exact) mass is 401 g/mol. The van der Waals surface area contributed by atoms with Crippen molar-refractivity contribution in [2.24, 2.45) is 0 Å². The van der Waals surface area contributed by atoms with Gasteiger partial charge in [0.05, 0.1) is 21.6 Å². The number of anilines is 1. The number of hydrogen-bond acceptors (Lipinski definition) is 3. The van der Waals surface area contributed by atoms with Gasteiger partial charge in [-0.25, -0.2) is 4.98 Å². The van der Waals surface area contributed by atoms with E-state index < -0.39 is 0 Å². The lowest BCUT2D eigenvalue weighted by atomic mass is 10.1. The molecule has 6 heteroatoms. The number of para-hydroxylation sites is 2. The number of rotatable bonds is 5. The molecule has 0 saturated heterocycles. The number of allylic oxidation sites excluding steroid dienone is 1.